The van der Waals surface area contributed by atoms with Gasteiger partial charge in [-0.25, -0.2) is 0 Å². The summed E-state index contributed by atoms with van der Waals surface area (Å²) in [4.78, 5) is 2.52. The molecule has 0 atom stereocenters. The lowest BCUT2D eigenvalue weighted by molar-refractivity contribution is 0.137. The van der Waals surface area contributed by atoms with Gasteiger partial charge in [-0.2, -0.15) is 0 Å². The highest BCUT2D eigenvalue weighted by Gasteiger charge is 2.60. The molecular weight excluding hydrogens is 218 g/mol. The third-order valence-corrected chi connectivity index (χ3v) is 5.29. The van der Waals surface area contributed by atoms with Crippen molar-refractivity contribution in [3.8, 4) is 0 Å². The van der Waals surface area contributed by atoms with E-state index < -0.39 is 0 Å². The third-order valence-electron chi connectivity index (χ3n) is 5.29. The zero-order valence-corrected chi connectivity index (χ0v) is 11.1. The maximum absolute atomic E-state index is 2.52. The van der Waals surface area contributed by atoms with Gasteiger partial charge in [-0.15, -0.1) is 0 Å². The summed E-state index contributed by atoms with van der Waals surface area (Å²) >= 11 is 0. The summed E-state index contributed by atoms with van der Waals surface area (Å²) in [5.41, 5.74) is 5.92. The molecule has 0 saturated carbocycles. The van der Waals surface area contributed by atoms with Crippen molar-refractivity contribution in [3.63, 3.8) is 0 Å². The van der Waals surface area contributed by atoms with E-state index in [1.807, 2.05) is 0 Å². The maximum Gasteiger partial charge on any atom is 0.0701 e. The summed E-state index contributed by atoms with van der Waals surface area (Å²) < 4.78 is 0. The number of hydrogen-bond donors (Lipinski definition) is 0. The van der Waals surface area contributed by atoms with Gasteiger partial charge in [-0.3, -0.25) is 4.90 Å². The topological polar surface area (TPSA) is 3.24 Å². The largest absolute Gasteiger partial charge is 0.279 e. The number of benzene rings is 2. The van der Waals surface area contributed by atoms with Crippen LogP contribution in [0.5, 0.6) is 0 Å². The van der Waals surface area contributed by atoms with Crippen molar-refractivity contribution >= 4 is 0 Å². The molecule has 1 nitrogen and oxygen atoms in total. The molecule has 2 aliphatic rings. The number of rotatable bonds is 0. The fourth-order valence-electron chi connectivity index (χ4n) is 4.12. The Labute approximate surface area is 108 Å². The van der Waals surface area contributed by atoms with Gasteiger partial charge in [0.1, 0.15) is 0 Å². The van der Waals surface area contributed by atoms with Gasteiger partial charge in [0.25, 0.3) is 0 Å². The molecule has 0 aliphatic carbocycles. The van der Waals surface area contributed by atoms with Crippen LogP contribution in [0.3, 0.4) is 0 Å². The van der Waals surface area contributed by atoms with Gasteiger partial charge in [-0.1, -0.05) is 48.5 Å². The first kappa shape index (κ1) is 10.3. The van der Waals surface area contributed by atoms with Crippen molar-refractivity contribution in [3.05, 3.63) is 70.8 Å². The quantitative estimate of drug-likeness (QED) is 0.676. The van der Waals surface area contributed by atoms with E-state index in [9.17, 15) is 0 Å². The zero-order valence-electron chi connectivity index (χ0n) is 11.1. The average molecular weight is 235 g/mol. The second-order valence-corrected chi connectivity index (χ2v) is 5.79. The van der Waals surface area contributed by atoms with Gasteiger partial charge < -0.3 is 0 Å². The lowest BCUT2D eigenvalue weighted by atomic mass is 9.74. The second-order valence-electron chi connectivity index (χ2n) is 5.79. The van der Waals surface area contributed by atoms with E-state index in [1.54, 1.807) is 0 Å². The maximum atomic E-state index is 2.52. The third kappa shape index (κ3) is 0.813. The highest BCUT2D eigenvalue weighted by molar-refractivity contribution is 5.63. The Morgan fingerprint density at radius 1 is 0.667 bits per heavy atom. The summed E-state index contributed by atoms with van der Waals surface area (Å²) in [7, 11) is 2.25. The van der Waals surface area contributed by atoms with Crippen molar-refractivity contribution in [2.75, 3.05) is 7.05 Å². The smallest absolute Gasteiger partial charge is 0.0701 e. The van der Waals surface area contributed by atoms with E-state index in [4.69, 9.17) is 0 Å². The van der Waals surface area contributed by atoms with Gasteiger partial charge >= 0.3 is 0 Å². The fourth-order valence-corrected chi connectivity index (χ4v) is 4.12. The van der Waals surface area contributed by atoms with Crippen LogP contribution < -0.4 is 0 Å². The molecule has 2 aliphatic heterocycles. The van der Waals surface area contributed by atoms with Crippen LogP contribution in [-0.4, -0.2) is 11.9 Å². The molecule has 0 spiro atoms. The molecule has 4 rings (SSSR count). The predicted octanol–water partition coefficient (Wildman–Crippen LogP) is 3.47. The van der Waals surface area contributed by atoms with Crippen LogP contribution in [-0.2, 0) is 11.1 Å². The summed E-state index contributed by atoms with van der Waals surface area (Å²) in [6.45, 7) is 4.70. The lowest BCUT2D eigenvalue weighted by Gasteiger charge is -2.32. The Balaban J connectivity index is 2.18. The summed E-state index contributed by atoms with van der Waals surface area (Å²) in [6, 6.07) is 17.8. The molecular formula is C17H17N. The highest BCUT2D eigenvalue weighted by atomic mass is 15.3. The van der Waals surface area contributed by atoms with Crippen LogP contribution in [0.2, 0.25) is 0 Å². The molecule has 0 radical (unpaired) electrons. The van der Waals surface area contributed by atoms with E-state index >= 15 is 0 Å². The Morgan fingerprint density at radius 3 is 1.22 bits per heavy atom. The van der Waals surface area contributed by atoms with Crippen LogP contribution in [0.4, 0.5) is 0 Å². The molecule has 1 heteroatoms. The van der Waals surface area contributed by atoms with Gasteiger partial charge in [0, 0.05) is 0 Å². The Kier molecular flexibility index (Phi) is 1.64. The van der Waals surface area contributed by atoms with Crippen molar-refractivity contribution < 1.29 is 0 Å². The molecule has 2 heterocycles. The highest BCUT2D eigenvalue weighted by Crippen LogP contribution is 2.61. The summed E-state index contributed by atoms with van der Waals surface area (Å²) in [5, 5.41) is 0. The van der Waals surface area contributed by atoms with E-state index in [2.05, 4.69) is 74.3 Å². The fraction of sp³-hybridized carbons (Fsp3) is 0.294. The van der Waals surface area contributed by atoms with E-state index in [1.165, 1.54) is 22.3 Å². The number of nitrogens with zero attached hydrogens (tertiary/aromatic N) is 1. The SMILES string of the molecule is CN1C2(C)c3ccccc3C1(C)c1ccccc12. The molecule has 0 unspecified atom stereocenters. The molecule has 90 valence electrons. The van der Waals surface area contributed by atoms with Crippen LogP contribution in [0.15, 0.2) is 48.5 Å². The second kappa shape index (κ2) is 2.86. The lowest BCUT2D eigenvalue weighted by Crippen LogP contribution is -2.39. The van der Waals surface area contributed by atoms with Crippen molar-refractivity contribution in [2.24, 2.45) is 0 Å². The minimum atomic E-state index is 0.0297. The molecule has 0 N–H and O–H groups in total. The first-order chi connectivity index (χ1) is 8.61. The standard InChI is InChI=1S/C17H17N/c1-16-12-8-4-6-10-14(12)17(2,18(16)3)15-11-7-5-9-13(15)16/h4-11H,1-3H3. The molecule has 2 bridgehead atoms. The van der Waals surface area contributed by atoms with E-state index in [0.29, 0.717) is 0 Å². The number of hydrogen-bond acceptors (Lipinski definition) is 1. The minimum absolute atomic E-state index is 0.0297. The van der Waals surface area contributed by atoms with Crippen LogP contribution in [0.1, 0.15) is 36.1 Å². The molecule has 2 aromatic carbocycles. The van der Waals surface area contributed by atoms with Crippen molar-refractivity contribution in [2.45, 2.75) is 24.9 Å². The normalized spacial score (nSPS) is 32.4. The summed E-state index contributed by atoms with van der Waals surface area (Å²) in [6.07, 6.45) is 0. The minimum Gasteiger partial charge on any atom is -0.279 e. The first-order valence-electron chi connectivity index (χ1n) is 6.55. The Bertz CT molecular complexity index is 553. The summed E-state index contributed by atoms with van der Waals surface area (Å²) in [5.74, 6) is 0. The monoisotopic (exact) mass is 235 g/mol. The predicted molar refractivity (Wildman–Crippen MR) is 73.6 cm³/mol. The van der Waals surface area contributed by atoms with Crippen molar-refractivity contribution in [1.82, 2.24) is 4.90 Å². The van der Waals surface area contributed by atoms with Crippen molar-refractivity contribution in [1.29, 1.82) is 0 Å². The zero-order chi connectivity index (χ0) is 12.5. The molecule has 0 fully saturated rings. The number of fused-ring (bicyclic) bond motifs is 8. The molecule has 2 aromatic rings. The van der Waals surface area contributed by atoms with Crippen LogP contribution in [0, 0.1) is 0 Å². The molecule has 0 aromatic heterocycles. The van der Waals surface area contributed by atoms with E-state index in [0.717, 1.165) is 0 Å². The molecule has 0 saturated heterocycles. The Hall–Kier alpha value is -1.60. The van der Waals surface area contributed by atoms with E-state index in [-0.39, 0.29) is 11.1 Å². The first-order valence-corrected chi connectivity index (χ1v) is 6.55. The average Bonchev–Trinajstić information content (AvgIpc) is 2.71. The van der Waals surface area contributed by atoms with Crippen LogP contribution >= 0.6 is 0 Å². The van der Waals surface area contributed by atoms with Gasteiger partial charge in [0.2, 0.25) is 0 Å². The van der Waals surface area contributed by atoms with Gasteiger partial charge in [-0.05, 0) is 43.1 Å². The Morgan fingerprint density at radius 2 is 0.944 bits per heavy atom. The van der Waals surface area contributed by atoms with Gasteiger partial charge in [0.05, 0.1) is 11.1 Å². The molecule has 18 heavy (non-hydrogen) atoms. The van der Waals surface area contributed by atoms with Gasteiger partial charge in [0.15, 0.2) is 0 Å². The van der Waals surface area contributed by atoms with Crippen LogP contribution in [0.25, 0.3) is 0 Å². The molecule has 0 amide bonds.